The van der Waals surface area contributed by atoms with Gasteiger partial charge in [0.25, 0.3) is 5.91 Å². The zero-order valence-corrected chi connectivity index (χ0v) is 11.2. The van der Waals surface area contributed by atoms with Gasteiger partial charge in [0, 0.05) is 11.9 Å². The van der Waals surface area contributed by atoms with Gasteiger partial charge < -0.3 is 10.7 Å². The van der Waals surface area contributed by atoms with E-state index >= 15 is 0 Å². The van der Waals surface area contributed by atoms with Crippen molar-refractivity contribution >= 4 is 22.5 Å². The van der Waals surface area contributed by atoms with Gasteiger partial charge in [0.05, 0.1) is 0 Å². The third kappa shape index (κ3) is 2.72. The fourth-order valence-electron chi connectivity index (χ4n) is 2.31. The molecule has 2 aromatic rings. The molecule has 0 unspecified atom stereocenters. The van der Waals surface area contributed by atoms with E-state index in [4.69, 9.17) is 5.84 Å². The summed E-state index contributed by atoms with van der Waals surface area (Å²) in [4.78, 5) is 16.4. The van der Waals surface area contributed by atoms with Crippen LogP contribution in [0.1, 0.15) is 29.8 Å². The molecule has 1 aliphatic carbocycles. The van der Waals surface area contributed by atoms with Gasteiger partial charge in [-0.25, -0.2) is 10.8 Å². The van der Waals surface area contributed by atoms with E-state index in [1.807, 2.05) is 24.3 Å². The second-order valence-electron chi connectivity index (χ2n) is 5.21. The number of carbonyl (C=O) groups excluding carboxylic acids is 1. The highest BCUT2D eigenvalue weighted by Crippen LogP contribution is 2.31. The summed E-state index contributed by atoms with van der Waals surface area (Å²) in [5.41, 5.74) is 2.95. The molecule has 1 saturated carbocycles. The standard InChI is InChI=1S/C15H18N4O/c16-19-14-12-4-2-1-3-11(12)9-13(18-14)15(20)17-8-7-10-5-6-10/h1-4,9-10H,5-8,16H2,(H,17,20)(H,18,19). The minimum absolute atomic E-state index is 0.145. The van der Waals surface area contributed by atoms with Crippen molar-refractivity contribution < 1.29 is 4.79 Å². The molecule has 1 aromatic carbocycles. The molecule has 0 saturated heterocycles. The zero-order valence-electron chi connectivity index (χ0n) is 11.2. The number of nitrogens with zero attached hydrogens (tertiary/aromatic N) is 1. The molecular weight excluding hydrogens is 252 g/mol. The number of anilines is 1. The number of pyridine rings is 1. The molecule has 5 nitrogen and oxygen atoms in total. The van der Waals surface area contributed by atoms with Crippen molar-refractivity contribution in [3.63, 3.8) is 0 Å². The van der Waals surface area contributed by atoms with E-state index < -0.39 is 0 Å². The summed E-state index contributed by atoms with van der Waals surface area (Å²) in [5, 5.41) is 4.77. The quantitative estimate of drug-likeness (QED) is 0.574. The van der Waals surface area contributed by atoms with Crippen LogP contribution in [0.3, 0.4) is 0 Å². The Morgan fingerprint density at radius 1 is 1.35 bits per heavy atom. The largest absolute Gasteiger partial charge is 0.351 e. The van der Waals surface area contributed by atoms with Gasteiger partial charge in [-0.05, 0) is 23.8 Å². The van der Waals surface area contributed by atoms with Gasteiger partial charge >= 0.3 is 0 Å². The molecule has 0 radical (unpaired) electrons. The molecule has 1 heterocycles. The molecule has 5 heteroatoms. The van der Waals surface area contributed by atoms with Crippen LogP contribution in [0.15, 0.2) is 30.3 Å². The molecule has 3 rings (SSSR count). The summed E-state index contributed by atoms with van der Waals surface area (Å²) < 4.78 is 0. The van der Waals surface area contributed by atoms with Gasteiger partial charge in [-0.2, -0.15) is 0 Å². The van der Waals surface area contributed by atoms with E-state index in [1.165, 1.54) is 12.8 Å². The Balaban J connectivity index is 1.80. The molecule has 1 fully saturated rings. The normalized spacial score (nSPS) is 14.2. The van der Waals surface area contributed by atoms with Crippen molar-refractivity contribution in [3.05, 3.63) is 36.0 Å². The monoisotopic (exact) mass is 270 g/mol. The van der Waals surface area contributed by atoms with Crippen LogP contribution in [0.4, 0.5) is 5.82 Å². The Kier molecular flexibility index (Phi) is 3.52. The average molecular weight is 270 g/mol. The Bertz CT molecular complexity index is 637. The first-order chi connectivity index (χ1) is 9.78. The molecule has 0 bridgehead atoms. The van der Waals surface area contributed by atoms with Crippen molar-refractivity contribution in [2.75, 3.05) is 12.0 Å². The predicted octanol–water partition coefficient (Wildman–Crippen LogP) is 2.05. The summed E-state index contributed by atoms with van der Waals surface area (Å²) in [5.74, 6) is 6.67. The first-order valence-corrected chi connectivity index (χ1v) is 6.92. The van der Waals surface area contributed by atoms with Crippen LogP contribution in [0.5, 0.6) is 0 Å². The number of benzene rings is 1. The van der Waals surface area contributed by atoms with Crippen LogP contribution in [0.25, 0.3) is 10.8 Å². The van der Waals surface area contributed by atoms with Crippen molar-refractivity contribution in [3.8, 4) is 0 Å². The number of nitrogen functional groups attached to an aromatic ring is 1. The fourth-order valence-corrected chi connectivity index (χ4v) is 2.31. The van der Waals surface area contributed by atoms with Crippen molar-refractivity contribution in [2.45, 2.75) is 19.3 Å². The molecule has 20 heavy (non-hydrogen) atoms. The Morgan fingerprint density at radius 2 is 2.15 bits per heavy atom. The van der Waals surface area contributed by atoms with E-state index in [2.05, 4.69) is 15.7 Å². The second-order valence-corrected chi connectivity index (χ2v) is 5.21. The molecule has 0 aliphatic heterocycles. The van der Waals surface area contributed by atoms with Crippen LogP contribution < -0.4 is 16.6 Å². The number of rotatable bonds is 5. The molecule has 1 aliphatic rings. The number of carbonyl (C=O) groups is 1. The SMILES string of the molecule is NNc1nc(C(=O)NCCC2CC2)cc2ccccc12. The zero-order chi connectivity index (χ0) is 13.9. The van der Waals surface area contributed by atoms with E-state index in [-0.39, 0.29) is 5.91 Å². The van der Waals surface area contributed by atoms with Crippen LogP contribution in [0, 0.1) is 5.92 Å². The summed E-state index contributed by atoms with van der Waals surface area (Å²) >= 11 is 0. The number of amides is 1. The lowest BCUT2D eigenvalue weighted by Crippen LogP contribution is -2.26. The highest BCUT2D eigenvalue weighted by atomic mass is 16.1. The fraction of sp³-hybridized carbons (Fsp3) is 0.333. The van der Waals surface area contributed by atoms with Crippen LogP contribution in [-0.2, 0) is 0 Å². The molecule has 0 atom stereocenters. The number of hydrogen-bond donors (Lipinski definition) is 3. The van der Waals surface area contributed by atoms with Gasteiger partial charge in [0.2, 0.25) is 0 Å². The molecular formula is C15H18N4O. The van der Waals surface area contributed by atoms with Crippen molar-refractivity contribution in [1.29, 1.82) is 0 Å². The lowest BCUT2D eigenvalue weighted by molar-refractivity contribution is 0.0948. The van der Waals surface area contributed by atoms with Crippen molar-refractivity contribution in [1.82, 2.24) is 10.3 Å². The van der Waals surface area contributed by atoms with Gasteiger partial charge in [-0.3, -0.25) is 4.79 Å². The number of hydrogen-bond acceptors (Lipinski definition) is 4. The molecule has 4 N–H and O–H groups in total. The Labute approximate surface area is 117 Å². The Hall–Kier alpha value is -2.14. The minimum atomic E-state index is -0.145. The smallest absolute Gasteiger partial charge is 0.269 e. The third-order valence-corrected chi connectivity index (χ3v) is 3.64. The first-order valence-electron chi connectivity index (χ1n) is 6.92. The molecule has 104 valence electrons. The maximum atomic E-state index is 12.1. The molecule has 0 spiro atoms. The minimum Gasteiger partial charge on any atom is -0.351 e. The Morgan fingerprint density at radius 3 is 2.90 bits per heavy atom. The van der Waals surface area contributed by atoms with Crippen LogP contribution in [-0.4, -0.2) is 17.4 Å². The number of nitrogens with two attached hydrogens (primary N) is 1. The maximum absolute atomic E-state index is 12.1. The number of hydrazine groups is 1. The molecule has 1 amide bonds. The second kappa shape index (κ2) is 5.46. The van der Waals surface area contributed by atoms with Crippen molar-refractivity contribution in [2.24, 2.45) is 11.8 Å². The van der Waals surface area contributed by atoms with Gasteiger partial charge in [-0.1, -0.05) is 37.1 Å². The van der Waals surface area contributed by atoms with E-state index in [0.29, 0.717) is 18.1 Å². The number of aromatic nitrogens is 1. The van der Waals surface area contributed by atoms with E-state index in [9.17, 15) is 4.79 Å². The summed E-state index contributed by atoms with van der Waals surface area (Å²) in [7, 11) is 0. The average Bonchev–Trinajstić information content (AvgIpc) is 3.30. The van der Waals surface area contributed by atoms with Crippen LogP contribution >= 0.6 is 0 Å². The predicted molar refractivity (Wildman–Crippen MR) is 79.2 cm³/mol. The maximum Gasteiger partial charge on any atom is 0.269 e. The molecule has 1 aromatic heterocycles. The van der Waals surface area contributed by atoms with E-state index in [0.717, 1.165) is 23.1 Å². The lowest BCUT2D eigenvalue weighted by atomic mass is 10.1. The van der Waals surface area contributed by atoms with Crippen LogP contribution in [0.2, 0.25) is 0 Å². The highest BCUT2D eigenvalue weighted by Gasteiger charge is 2.21. The number of nitrogens with one attached hydrogen (secondary N) is 2. The first kappa shape index (κ1) is 12.9. The third-order valence-electron chi connectivity index (χ3n) is 3.64. The van der Waals surface area contributed by atoms with Gasteiger partial charge in [0.1, 0.15) is 11.5 Å². The summed E-state index contributed by atoms with van der Waals surface area (Å²) in [6.07, 6.45) is 3.65. The summed E-state index contributed by atoms with van der Waals surface area (Å²) in [6.45, 7) is 0.712. The van der Waals surface area contributed by atoms with Gasteiger partial charge in [0.15, 0.2) is 0 Å². The highest BCUT2D eigenvalue weighted by molar-refractivity contribution is 6.00. The number of fused-ring (bicyclic) bond motifs is 1. The van der Waals surface area contributed by atoms with Gasteiger partial charge in [-0.15, -0.1) is 0 Å². The topological polar surface area (TPSA) is 80.0 Å². The summed E-state index contributed by atoms with van der Waals surface area (Å²) in [6, 6.07) is 9.51. The lowest BCUT2D eigenvalue weighted by Gasteiger charge is -2.09. The van der Waals surface area contributed by atoms with E-state index in [1.54, 1.807) is 6.07 Å².